The van der Waals surface area contributed by atoms with Crippen LogP contribution in [0.4, 0.5) is 0 Å². The van der Waals surface area contributed by atoms with Crippen molar-refractivity contribution in [1.29, 1.82) is 0 Å². The first-order chi connectivity index (χ1) is 3.81. The van der Waals surface area contributed by atoms with Crippen molar-refractivity contribution in [3.63, 3.8) is 0 Å². The second kappa shape index (κ2) is 4.30. The van der Waals surface area contributed by atoms with Crippen LogP contribution in [0.25, 0.3) is 0 Å². The maximum atomic E-state index is 9.73. The summed E-state index contributed by atoms with van der Waals surface area (Å²) in [6, 6.07) is 0. The average molecular weight is 114 g/mol. The predicted molar refractivity (Wildman–Crippen MR) is 32.8 cm³/mol. The molecule has 3 nitrogen and oxygen atoms in total. The molecule has 0 aromatic rings. The summed E-state index contributed by atoms with van der Waals surface area (Å²) in [7, 11) is 0. The Kier molecular flexibility index (Phi) is 3.84. The van der Waals surface area contributed by atoms with Crippen molar-refractivity contribution in [3.8, 4) is 0 Å². The van der Waals surface area contributed by atoms with Crippen LogP contribution in [0, 0.1) is 0 Å². The zero-order valence-electron chi connectivity index (χ0n) is 4.92. The van der Waals surface area contributed by atoms with Crippen molar-refractivity contribution in [2.45, 2.75) is 13.3 Å². The zero-order valence-corrected chi connectivity index (χ0v) is 4.92. The van der Waals surface area contributed by atoms with Gasteiger partial charge in [-0.15, -0.1) is 0 Å². The molecular formula is C5H10N2O. The molecule has 0 atom stereocenters. The summed E-state index contributed by atoms with van der Waals surface area (Å²) in [6.45, 7) is 2.53. The molecule has 0 aliphatic rings. The van der Waals surface area contributed by atoms with Gasteiger partial charge >= 0.3 is 0 Å². The number of nitrogens with zero attached hydrogens (tertiary/aromatic N) is 1. The highest BCUT2D eigenvalue weighted by molar-refractivity contribution is 5.90. The maximum Gasteiger partial charge on any atom is 0.127 e. The van der Waals surface area contributed by atoms with Gasteiger partial charge in [0, 0.05) is 6.54 Å². The Morgan fingerprint density at radius 3 is 2.88 bits per heavy atom. The van der Waals surface area contributed by atoms with Crippen molar-refractivity contribution in [3.05, 3.63) is 0 Å². The van der Waals surface area contributed by atoms with Crippen molar-refractivity contribution in [1.82, 2.24) is 0 Å². The van der Waals surface area contributed by atoms with Gasteiger partial charge in [-0.05, 0) is 6.92 Å². The summed E-state index contributed by atoms with van der Waals surface area (Å²) in [4.78, 5) is 13.5. The number of aliphatic imine (C=N–C) groups is 1. The van der Waals surface area contributed by atoms with Crippen molar-refractivity contribution >= 4 is 12.1 Å². The third kappa shape index (κ3) is 3.33. The molecule has 0 aliphatic heterocycles. The summed E-state index contributed by atoms with van der Waals surface area (Å²) >= 11 is 0. The van der Waals surface area contributed by atoms with E-state index in [-0.39, 0.29) is 6.42 Å². The molecule has 0 amide bonds. The monoisotopic (exact) mass is 114 g/mol. The van der Waals surface area contributed by atoms with Crippen LogP contribution in [0.2, 0.25) is 0 Å². The Bertz CT molecular complexity index is 98.6. The third-order valence-corrected chi connectivity index (χ3v) is 0.654. The molecule has 46 valence electrons. The first-order valence-corrected chi connectivity index (χ1v) is 2.53. The molecule has 0 aromatic heterocycles. The molecule has 0 radical (unpaired) electrons. The summed E-state index contributed by atoms with van der Waals surface area (Å²) in [5.74, 6) is 0.419. The van der Waals surface area contributed by atoms with Crippen molar-refractivity contribution in [2.24, 2.45) is 10.7 Å². The van der Waals surface area contributed by atoms with Gasteiger partial charge in [0.1, 0.15) is 12.1 Å². The molecule has 0 rings (SSSR count). The van der Waals surface area contributed by atoms with Gasteiger partial charge in [0.05, 0.1) is 6.42 Å². The Morgan fingerprint density at radius 1 is 1.88 bits per heavy atom. The molecule has 0 bridgehead atoms. The molecule has 0 unspecified atom stereocenters. The van der Waals surface area contributed by atoms with E-state index in [1.165, 1.54) is 0 Å². The Morgan fingerprint density at radius 2 is 2.50 bits per heavy atom. The molecule has 2 N–H and O–H groups in total. The minimum atomic E-state index is 0.258. The highest BCUT2D eigenvalue weighted by Gasteiger charge is 1.84. The molecule has 0 spiro atoms. The Balaban J connectivity index is 3.44. The number of hydrogen-bond donors (Lipinski definition) is 1. The number of carbonyl (C=O) groups excluding carboxylic acids is 1. The lowest BCUT2D eigenvalue weighted by atomic mass is 10.4. The Labute approximate surface area is 48.6 Å². The van der Waals surface area contributed by atoms with Gasteiger partial charge in [-0.25, -0.2) is 0 Å². The van der Waals surface area contributed by atoms with Gasteiger partial charge in [-0.1, -0.05) is 0 Å². The van der Waals surface area contributed by atoms with Gasteiger partial charge in [0.2, 0.25) is 0 Å². The molecule has 0 aliphatic carbocycles. The van der Waals surface area contributed by atoms with E-state index in [1.54, 1.807) is 0 Å². The minimum absolute atomic E-state index is 0.258. The highest BCUT2D eigenvalue weighted by Crippen LogP contribution is 1.73. The Hall–Kier alpha value is -0.860. The number of carbonyl (C=O) groups is 1. The molecule has 3 heteroatoms. The van der Waals surface area contributed by atoms with Crippen LogP contribution in [0.5, 0.6) is 0 Å². The number of rotatable bonds is 3. The van der Waals surface area contributed by atoms with E-state index in [0.29, 0.717) is 12.4 Å². The highest BCUT2D eigenvalue weighted by atomic mass is 16.1. The summed E-state index contributed by atoms with van der Waals surface area (Å²) in [5.41, 5.74) is 5.21. The fourth-order valence-electron chi connectivity index (χ4n) is 0.353. The van der Waals surface area contributed by atoms with Crippen LogP contribution in [0.15, 0.2) is 4.99 Å². The molecule has 0 saturated carbocycles. The number of hydrogen-bond acceptors (Lipinski definition) is 2. The summed E-state index contributed by atoms with van der Waals surface area (Å²) < 4.78 is 0. The second-order valence-corrected chi connectivity index (χ2v) is 1.34. The lowest BCUT2D eigenvalue weighted by Crippen LogP contribution is -2.11. The number of nitrogens with two attached hydrogens (primary N) is 1. The van der Waals surface area contributed by atoms with E-state index in [1.807, 2.05) is 6.92 Å². The fourth-order valence-corrected chi connectivity index (χ4v) is 0.353. The van der Waals surface area contributed by atoms with Gasteiger partial charge in [-0.2, -0.15) is 0 Å². The standard InChI is InChI=1S/C5H10N2O/c1-2-7-5(6)3-4-8/h4H,2-3H2,1H3,(H2,6,7). The predicted octanol–water partition coefficient (Wildman–Crippen LogP) is -0.0475. The van der Waals surface area contributed by atoms with Gasteiger partial charge < -0.3 is 10.5 Å². The average Bonchev–Trinajstić information content (AvgIpc) is 1.68. The van der Waals surface area contributed by atoms with E-state index < -0.39 is 0 Å². The zero-order chi connectivity index (χ0) is 6.41. The lowest BCUT2D eigenvalue weighted by Gasteiger charge is -1.88. The van der Waals surface area contributed by atoms with Crippen LogP contribution >= 0.6 is 0 Å². The van der Waals surface area contributed by atoms with E-state index >= 15 is 0 Å². The van der Waals surface area contributed by atoms with Gasteiger partial charge in [0.25, 0.3) is 0 Å². The third-order valence-electron chi connectivity index (χ3n) is 0.654. The minimum Gasteiger partial charge on any atom is -0.387 e. The molecular weight excluding hydrogens is 104 g/mol. The quantitative estimate of drug-likeness (QED) is 0.318. The maximum absolute atomic E-state index is 9.73. The molecule has 0 fully saturated rings. The van der Waals surface area contributed by atoms with Crippen molar-refractivity contribution < 1.29 is 4.79 Å². The number of aldehydes is 1. The van der Waals surface area contributed by atoms with Crippen LogP contribution in [-0.4, -0.2) is 18.7 Å². The normalized spacial score (nSPS) is 11.4. The molecule has 0 heterocycles. The SMILES string of the molecule is CCN=C(N)CC=O. The number of amidine groups is 1. The van der Waals surface area contributed by atoms with E-state index in [9.17, 15) is 4.79 Å². The van der Waals surface area contributed by atoms with Crippen molar-refractivity contribution in [2.75, 3.05) is 6.54 Å². The van der Waals surface area contributed by atoms with Crippen LogP contribution < -0.4 is 5.73 Å². The van der Waals surface area contributed by atoms with Crippen LogP contribution in [0.1, 0.15) is 13.3 Å². The smallest absolute Gasteiger partial charge is 0.127 e. The molecule has 0 aromatic carbocycles. The molecule has 0 saturated heterocycles. The first kappa shape index (κ1) is 7.14. The molecule has 8 heavy (non-hydrogen) atoms. The largest absolute Gasteiger partial charge is 0.387 e. The summed E-state index contributed by atoms with van der Waals surface area (Å²) in [6.07, 6.45) is 1.00. The van der Waals surface area contributed by atoms with E-state index in [0.717, 1.165) is 6.29 Å². The lowest BCUT2D eigenvalue weighted by molar-refractivity contribution is -0.106. The van der Waals surface area contributed by atoms with Crippen LogP contribution in [0.3, 0.4) is 0 Å². The van der Waals surface area contributed by atoms with Gasteiger partial charge in [0.15, 0.2) is 0 Å². The summed E-state index contributed by atoms with van der Waals surface area (Å²) in [5, 5.41) is 0. The second-order valence-electron chi connectivity index (χ2n) is 1.34. The van der Waals surface area contributed by atoms with Gasteiger partial charge in [-0.3, -0.25) is 4.99 Å². The topological polar surface area (TPSA) is 55.4 Å². The fraction of sp³-hybridized carbons (Fsp3) is 0.600. The van der Waals surface area contributed by atoms with E-state index in [4.69, 9.17) is 5.73 Å². The van der Waals surface area contributed by atoms with E-state index in [2.05, 4.69) is 4.99 Å². The van der Waals surface area contributed by atoms with Crippen LogP contribution in [-0.2, 0) is 4.79 Å². The first-order valence-electron chi connectivity index (χ1n) is 2.53.